The molecule has 2 saturated heterocycles. The first-order valence-electron chi connectivity index (χ1n) is 14.5. The summed E-state index contributed by atoms with van der Waals surface area (Å²) >= 11 is 0. The highest BCUT2D eigenvalue weighted by Gasteiger charge is 2.46. The van der Waals surface area contributed by atoms with Crippen molar-refractivity contribution in [1.82, 2.24) is 20.4 Å². The van der Waals surface area contributed by atoms with Crippen molar-refractivity contribution in [3.8, 4) is 5.75 Å². The summed E-state index contributed by atoms with van der Waals surface area (Å²) in [5.74, 6) is -2.95. The molecular weight excluding hydrogens is 590 g/mol. The maximum atomic E-state index is 13.1. The van der Waals surface area contributed by atoms with E-state index in [1.54, 1.807) is 12.1 Å². The highest BCUT2D eigenvalue weighted by atomic mass is 16.6. The van der Waals surface area contributed by atoms with Gasteiger partial charge in [0.2, 0.25) is 11.8 Å². The number of piperidine rings is 1. The van der Waals surface area contributed by atoms with Gasteiger partial charge in [-0.3, -0.25) is 49.2 Å². The van der Waals surface area contributed by atoms with Crippen LogP contribution in [0.3, 0.4) is 0 Å². The van der Waals surface area contributed by atoms with Crippen LogP contribution in [-0.2, 0) is 19.1 Å². The molecule has 0 aliphatic carbocycles. The van der Waals surface area contributed by atoms with Gasteiger partial charge >= 0.3 is 0 Å². The third kappa shape index (κ3) is 7.02. The van der Waals surface area contributed by atoms with Gasteiger partial charge in [0.05, 0.1) is 29.3 Å². The quantitative estimate of drug-likeness (QED) is 0.0933. The van der Waals surface area contributed by atoms with Crippen molar-refractivity contribution in [2.45, 2.75) is 18.9 Å². The monoisotopic (exact) mass is 623 g/mol. The van der Waals surface area contributed by atoms with Gasteiger partial charge in [0.1, 0.15) is 17.5 Å². The fourth-order valence-electron chi connectivity index (χ4n) is 5.49. The van der Waals surface area contributed by atoms with E-state index < -0.39 is 47.1 Å². The van der Waals surface area contributed by atoms with Gasteiger partial charge in [-0.1, -0.05) is 6.07 Å². The number of nitrogens with one attached hydrogen (secondary N) is 2. The molecule has 0 saturated carbocycles. The van der Waals surface area contributed by atoms with Crippen molar-refractivity contribution < 1.29 is 38.4 Å². The Morgan fingerprint density at radius 3 is 2.56 bits per heavy atom. The Balaban J connectivity index is 0.992. The highest BCUT2D eigenvalue weighted by molar-refractivity contribution is 6.24. The summed E-state index contributed by atoms with van der Waals surface area (Å²) in [6, 6.07) is 8.09. The number of benzene rings is 2. The Bertz CT molecular complexity index is 1520. The van der Waals surface area contributed by atoms with Crippen LogP contribution in [0.15, 0.2) is 36.4 Å². The highest BCUT2D eigenvalue weighted by Crippen LogP contribution is 2.33. The standard InChI is InChI=1S/C29H33N7O9/c30-20-16-18(4-5-21(20)36(42)43)34-11-9-33(10-12-34)13-15-44-14-8-31-25(38)17-45-23-3-1-2-19-26(23)29(41)35(28(19)40)22-6-7-24(37)32-27(22)39/h1-5,16,22H,6-15,17,30H2,(H,31,38)(H,32,37,39). The largest absolute Gasteiger partial charge is 0.483 e. The summed E-state index contributed by atoms with van der Waals surface area (Å²) in [6.07, 6.45) is 0.0457. The zero-order valence-electron chi connectivity index (χ0n) is 24.4. The van der Waals surface area contributed by atoms with Crippen LogP contribution in [0.1, 0.15) is 33.6 Å². The first kappa shape index (κ1) is 31.3. The number of carbonyl (C=O) groups excluding carboxylic acids is 5. The summed E-state index contributed by atoms with van der Waals surface area (Å²) in [6.45, 7) is 4.35. The van der Waals surface area contributed by atoms with E-state index in [1.165, 1.54) is 24.3 Å². The van der Waals surface area contributed by atoms with E-state index in [9.17, 15) is 34.1 Å². The number of nitro benzene ring substituents is 1. The van der Waals surface area contributed by atoms with Crippen molar-refractivity contribution >= 4 is 46.6 Å². The number of nitrogens with zero attached hydrogens (tertiary/aromatic N) is 4. The van der Waals surface area contributed by atoms with E-state index in [2.05, 4.69) is 20.4 Å². The Hall–Kier alpha value is -5.09. The molecule has 16 heteroatoms. The molecule has 238 valence electrons. The number of nitro groups is 1. The second-order valence-corrected chi connectivity index (χ2v) is 10.7. The number of nitrogens with two attached hydrogens (primary N) is 1. The number of rotatable bonds is 12. The molecule has 3 heterocycles. The Morgan fingerprint density at radius 2 is 1.84 bits per heavy atom. The molecule has 0 aromatic heterocycles. The van der Waals surface area contributed by atoms with E-state index in [0.29, 0.717) is 13.2 Å². The van der Waals surface area contributed by atoms with Crippen LogP contribution >= 0.6 is 0 Å². The third-order valence-electron chi connectivity index (χ3n) is 7.85. The zero-order chi connectivity index (χ0) is 32.1. The van der Waals surface area contributed by atoms with Crippen LogP contribution < -0.4 is 26.0 Å². The Morgan fingerprint density at radius 1 is 1.07 bits per heavy atom. The van der Waals surface area contributed by atoms with Crippen molar-refractivity contribution in [3.63, 3.8) is 0 Å². The van der Waals surface area contributed by atoms with Crippen LogP contribution in [0.2, 0.25) is 0 Å². The number of fused-ring (bicyclic) bond motifs is 1. The molecule has 2 aromatic rings. The molecule has 5 amide bonds. The van der Waals surface area contributed by atoms with Crippen LogP contribution in [0, 0.1) is 10.1 Å². The topological polar surface area (TPSA) is 207 Å². The SMILES string of the molecule is Nc1cc(N2CCN(CCOCCNC(=O)COc3cccc4c3C(=O)N(C3CCC(=O)NC3=O)C4=O)CC2)ccc1[N+](=O)[O-]. The zero-order valence-corrected chi connectivity index (χ0v) is 24.4. The minimum Gasteiger partial charge on any atom is -0.483 e. The van der Waals surface area contributed by atoms with E-state index in [0.717, 1.165) is 36.8 Å². The number of amides is 5. The molecule has 5 rings (SSSR count). The smallest absolute Gasteiger partial charge is 0.292 e. The molecular formula is C29H33N7O9. The van der Waals surface area contributed by atoms with E-state index in [1.807, 2.05) is 0 Å². The normalized spacial score (nSPS) is 18.5. The lowest BCUT2D eigenvalue weighted by Crippen LogP contribution is -2.54. The number of hydrogen-bond acceptors (Lipinski definition) is 12. The molecule has 0 spiro atoms. The third-order valence-corrected chi connectivity index (χ3v) is 7.85. The Kier molecular flexibility index (Phi) is 9.53. The number of hydrogen-bond donors (Lipinski definition) is 3. The van der Waals surface area contributed by atoms with Gasteiger partial charge in [-0.05, 0) is 30.7 Å². The lowest BCUT2D eigenvalue weighted by molar-refractivity contribution is -0.383. The van der Waals surface area contributed by atoms with Gasteiger partial charge in [0.15, 0.2) is 6.61 Å². The fourth-order valence-corrected chi connectivity index (χ4v) is 5.49. The van der Waals surface area contributed by atoms with Gasteiger partial charge in [0, 0.05) is 57.4 Å². The fraction of sp³-hybridized carbons (Fsp3) is 0.414. The average Bonchev–Trinajstić information content (AvgIpc) is 3.27. The van der Waals surface area contributed by atoms with Crippen LogP contribution in [-0.4, -0.2) is 109 Å². The van der Waals surface area contributed by atoms with Crippen LogP contribution in [0.25, 0.3) is 0 Å². The maximum Gasteiger partial charge on any atom is 0.292 e. The predicted molar refractivity (Wildman–Crippen MR) is 159 cm³/mol. The number of nitrogen functional groups attached to an aromatic ring is 1. The lowest BCUT2D eigenvalue weighted by Gasteiger charge is -2.36. The molecule has 3 aliphatic rings. The first-order chi connectivity index (χ1) is 21.6. The van der Waals surface area contributed by atoms with Gasteiger partial charge in [-0.2, -0.15) is 0 Å². The number of ether oxygens (including phenoxy) is 2. The van der Waals surface area contributed by atoms with Gasteiger partial charge in [-0.15, -0.1) is 0 Å². The van der Waals surface area contributed by atoms with Crippen molar-refractivity contribution in [2.24, 2.45) is 0 Å². The van der Waals surface area contributed by atoms with E-state index in [4.69, 9.17) is 15.2 Å². The summed E-state index contributed by atoms with van der Waals surface area (Å²) in [7, 11) is 0. The minimum atomic E-state index is -1.10. The summed E-state index contributed by atoms with van der Waals surface area (Å²) in [4.78, 5) is 77.9. The number of imide groups is 2. The number of carbonyl (C=O) groups is 5. The molecule has 2 fully saturated rings. The van der Waals surface area contributed by atoms with Gasteiger partial charge in [-0.25, -0.2) is 0 Å². The summed E-state index contributed by atoms with van der Waals surface area (Å²) in [5, 5.41) is 15.8. The molecule has 4 N–H and O–H groups in total. The summed E-state index contributed by atoms with van der Waals surface area (Å²) in [5.41, 5.74) is 6.73. The van der Waals surface area contributed by atoms with Gasteiger partial charge in [0.25, 0.3) is 23.4 Å². The molecule has 1 atom stereocenters. The number of anilines is 2. The molecule has 0 radical (unpaired) electrons. The van der Waals surface area contributed by atoms with Crippen molar-refractivity contribution in [3.05, 3.63) is 57.6 Å². The molecule has 1 unspecified atom stereocenters. The molecule has 16 nitrogen and oxygen atoms in total. The maximum absolute atomic E-state index is 13.1. The second-order valence-electron chi connectivity index (χ2n) is 10.7. The number of piperazine rings is 1. The minimum absolute atomic E-state index is 0.0104. The second kappa shape index (κ2) is 13.7. The Labute approximate surface area is 257 Å². The molecule has 0 bridgehead atoms. The van der Waals surface area contributed by atoms with Gasteiger partial charge < -0.3 is 25.4 Å². The van der Waals surface area contributed by atoms with Crippen molar-refractivity contribution in [2.75, 3.05) is 69.7 Å². The first-order valence-corrected chi connectivity index (χ1v) is 14.5. The van der Waals surface area contributed by atoms with Crippen molar-refractivity contribution in [1.29, 1.82) is 0 Å². The average molecular weight is 624 g/mol. The molecule has 2 aromatic carbocycles. The molecule has 45 heavy (non-hydrogen) atoms. The van der Waals surface area contributed by atoms with E-state index in [-0.39, 0.29) is 54.2 Å². The van der Waals surface area contributed by atoms with Crippen LogP contribution in [0.4, 0.5) is 17.1 Å². The molecule has 3 aliphatic heterocycles. The van der Waals surface area contributed by atoms with E-state index >= 15 is 0 Å². The lowest BCUT2D eigenvalue weighted by atomic mass is 10.0. The predicted octanol–water partition coefficient (Wildman–Crippen LogP) is -0.0880. The van der Waals surface area contributed by atoms with Crippen LogP contribution in [0.5, 0.6) is 5.75 Å². The summed E-state index contributed by atoms with van der Waals surface area (Å²) < 4.78 is 11.2.